The summed E-state index contributed by atoms with van der Waals surface area (Å²) in [6.07, 6.45) is 3.34. The van der Waals surface area contributed by atoms with Gasteiger partial charge >= 0.3 is 0 Å². The number of nitrogens with one attached hydrogen (secondary N) is 2. The molecule has 0 fully saturated rings. The average molecular weight is 438 g/mol. The van der Waals surface area contributed by atoms with Gasteiger partial charge in [0.2, 0.25) is 5.91 Å². The van der Waals surface area contributed by atoms with Crippen molar-refractivity contribution in [1.29, 1.82) is 0 Å². The molecule has 2 heterocycles. The molecule has 0 aliphatic carbocycles. The molecule has 2 aromatic heterocycles. The van der Waals surface area contributed by atoms with Crippen molar-refractivity contribution in [3.05, 3.63) is 60.0 Å². The summed E-state index contributed by atoms with van der Waals surface area (Å²) in [6.45, 7) is 4.02. The molecule has 0 aliphatic heterocycles. The molecule has 0 aliphatic rings. The van der Waals surface area contributed by atoms with Gasteiger partial charge < -0.3 is 24.6 Å². The third-order valence-electron chi connectivity index (χ3n) is 4.84. The van der Waals surface area contributed by atoms with Crippen LogP contribution in [0.3, 0.4) is 0 Å². The van der Waals surface area contributed by atoms with Crippen molar-refractivity contribution >= 4 is 11.8 Å². The Morgan fingerprint density at radius 2 is 1.94 bits per heavy atom. The Bertz CT molecular complexity index is 1070. The van der Waals surface area contributed by atoms with Gasteiger partial charge in [-0.05, 0) is 29.7 Å². The number of benzene rings is 1. The molecule has 2 amide bonds. The number of carbonyl (C=O) groups is 2. The third kappa shape index (κ3) is 5.42. The number of hydrogen-bond donors (Lipinski definition) is 2. The number of nitrogens with zero attached hydrogens (tertiary/aromatic N) is 2. The highest BCUT2D eigenvalue weighted by atomic mass is 16.5. The molecule has 0 spiro atoms. The van der Waals surface area contributed by atoms with Crippen LogP contribution in [0.1, 0.15) is 29.9 Å². The minimum atomic E-state index is -0.741. The quantitative estimate of drug-likeness (QED) is 0.528. The maximum atomic E-state index is 12.8. The molecule has 1 atom stereocenters. The molecule has 32 heavy (non-hydrogen) atoms. The van der Waals surface area contributed by atoms with Crippen LogP contribution in [0, 0.1) is 5.92 Å². The van der Waals surface area contributed by atoms with Crippen molar-refractivity contribution in [2.24, 2.45) is 5.92 Å². The molecule has 0 unspecified atom stereocenters. The standard InChI is InChI=1S/C23H26N4O5/c1-14(2)21(23(29)25-13-15-6-5-9-24-12-15)26-22(28)18-11-20(32-27-18)17-8-7-16(30-3)10-19(17)31-4/h5-12,14,21H,13H2,1-4H3,(H,25,29)(H,26,28)/t21-/m0/s1. The zero-order valence-electron chi connectivity index (χ0n) is 18.4. The molecule has 3 aromatic rings. The number of ether oxygens (including phenoxy) is 2. The summed E-state index contributed by atoms with van der Waals surface area (Å²) in [5.41, 5.74) is 1.54. The Kier molecular flexibility index (Phi) is 7.43. The lowest BCUT2D eigenvalue weighted by Crippen LogP contribution is -2.49. The fourth-order valence-electron chi connectivity index (χ4n) is 3.06. The van der Waals surface area contributed by atoms with Crippen LogP contribution in [-0.2, 0) is 11.3 Å². The van der Waals surface area contributed by atoms with E-state index in [1.54, 1.807) is 43.8 Å². The first-order valence-electron chi connectivity index (χ1n) is 10.1. The third-order valence-corrected chi connectivity index (χ3v) is 4.84. The first kappa shape index (κ1) is 22.8. The summed E-state index contributed by atoms with van der Waals surface area (Å²) >= 11 is 0. The molecule has 1 aromatic carbocycles. The van der Waals surface area contributed by atoms with E-state index in [1.807, 2.05) is 19.9 Å². The van der Waals surface area contributed by atoms with Gasteiger partial charge in [0.15, 0.2) is 11.5 Å². The van der Waals surface area contributed by atoms with Crippen LogP contribution in [0.5, 0.6) is 11.5 Å². The van der Waals surface area contributed by atoms with Crippen LogP contribution >= 0.6 is 0 Å². The normalized spacial score (nSPS) is 11.7. The summed E-state index contributed by atoms with van der Waals surface area (Å²) in [5.74, 6) is 0.556. The highest BCUT2D eigenvalue weighted by molar-refractivity contribution is 5.96. The second-order valence-electron chi connectivity index (χ2n) is 7.42. The van der Waals surface area contributed by atoms with Gasteiger partial charge in [-0.15, -0.1) is 0 Å². The van der Waals surface area contributed by atoms with Gasteiger partial charge in [0.1, 0.15) is 17.5 Å². The Morgan fingerprint density at radius 1 is 1.12 bits per heavy atom. The lowest BCUT2D eigenvalue weighted by molar-refractivity contribution is -0.124. The van der Waals surface area contributed by atoms with Crippen LogP contribution < -0.4 is 20.1 Å². The molecule has 2 N–H and O–H groups in total. The molecule has 0 saturated carbocycles. The molecule has 0 saturated heterocycles. The summed E-state index contributed by atoms with van der Waals surface area (Å²) in [6, 6.07) is 9.63. The summed E-state index contributed by atoms with van der Waals surface area (Å²) in [7, 11) is 3.09. The second kappa shape index (κ2) is 10.4. The molecule has 0 radical (unpaired) electrons. The van der Waals surface area contributed by atoms with E-state index in [1.165, 1.54) is 13.2 Å². The maximum absolute atomic E-state index is 12.8. The number of pyridine rings is 1. The number of rotatable bonds is 9. The molecule has 0 bridgehead atoms. The van der Waals surface area contributed by atoms with Crippen molar-refractivity contribution in [2.45, 2.75) is 26.4 Å². The predicted octanol–water partition coefficient (Wildman–Crippen LogP) is 2.82. The van der Waals surface area contributed by atoms with E-state index in [-0.39, 0.29) is 17.5 Å². The van der Waals surface area contributed by atoms with E-state index >= 15 is 0 Å². The van der Waals surface area contributed by atoms with Gasteiger partial charge in [0.25, 0.3) is 5.91 Å². The fourth-order valence-corrected chi connectivity index (χ4v) is 3.06. The Hall–Kier alpha value is -3.88. The van der Waals surface area contributed by atoms with Crippen molar-refractivity contribution < 1.29 is 23.6 Å². The zero-order valence-corrected chi connectivity index (χ0v) is 18.4. The van der Waals surface area contributed by atoms with E-state index in [0.29, 0.717) is 29.4 Å². The van der Waals surface area contributed by atoms with E-state index in [2.05, 4.69) is 20.8 Å². The van der Waals surface area contributed by atoms with Gasteiger partial charge in [-0.1, -0.05) is 25.1 Å². The lowest BCUT2D eigenvalue weighted by atomic mass is 10.0. The molecule has 3 rings (SSSR count). The lowest BCUT2D eigenvalue weighted by Gasteiger charge is -2.21. The van der Waals surface area contributed by atoms with Crippen LogP contribution in [0.2, 0.25) is 0 Å². The van der Waals surface area contributed by atoms with E-state index in [9.17, 15) is 9.59 Å². The highest BCUT2D eigenvalue weighted by Gasteiger charge is 2.26. The predicted molar refractivity (Wildman–Crippen MR) is 117 cm³/mol. The number of hydrogen-bond acceptors (Lipinski definition) is 7. The summed E-state index contributed by atoms with van der Waals surface area (Å²) in [4.78, 5) is 29.5. The Morgan fingerprint density at radius 3 is 2.59 bits per heavy atom. The van der Waals surface area contributed by atoms with Crippen molar-refractivity contribution in [1.82, 2.24) is 20.8 Å². The monoisotopic (exact) mass is 438 g/mol. The van der Waals surface area contributed by atoms with Gasteiger partial charge in [0, 0.05) is 31.1 Å². The minimum absolute atomic E-state index is 0.0589. The van der Waals surface area contributed by atoms with Crippen molar-refractivity contribution in [2.75, 3.05) is 14.2 Å². The Balaban J connectivity index is 1.70. The summed E-state index contributed by atoms with van der Waals surface area (Å²) < 4.78 is 15.9. The highest BCUT2D eigenvalue weighted by Crippen LogP contribution is 2.33. The number of methoxy groups -OCH3 is 2. The van der Waals surface area contributed by atoms with Gasteiger partial charge in [-0.2, -0.15) is 0 Å². The van der Waals surface area contributed by atoms with Gasteiger partial charge in [-0.3, -0.25) is 14.6 Å². The van der Waals surface area contributed by atoms with Crippen LogP contribution in [-0.4, -0.2) is 42.2 Å². The van der Waals surface area contributed by atoms with Crippen LogP contribution in [0.4, 0.5) is 0 Å². The first-order valence-corrected chi connectivity index (χ1v) is 10.1. The number of carbonyl (C=O) groups excluding carboxylic acids is 2. The van der Waals surface area contributed by atoms with Gasteiger partial charge in [0.05, 0.1) is 19.8 Å². The summed E-state index contributed by atoms with van der Waals surface area (Å²) in [5, 5.41) is 9.43. The molecular formula is C23H26N4O5. The van der Waals surface area contributed by atoms with Crippen molar-refractivity contribution in [3.8, 4) is 22.8 Å². The average Bonchev–Trinajstić information content (AvgIpc) is 3.31. The SMILES string of the molecule is COc1ccc(-c2cc(C(=O)N[C@H](C(=O)NCc3cccnc3)C(C)C)no2)c(OC)c1. The molecule has 9 nitrogen and oxygen atoms in total. The van der Waals surface area contributed by atoms with E-state index < -0.39 is 11.9 Å². The fraction of sp³-hybridized carbons (Fsp3) is 0.304. The second-order valence-corrected chi connectivity index (χ2v) is 7.42. The number of amides is 2. The van der Waals surface area contributed by atoms with E-state index in [4.69, 9.17) is 14.0 Å². The molecular weight excluding hydrogens is 412 g/mol. The van der Waals surface area contributed by atoms with E-state index in [0.717, 1.165) is 5.56 Å². The minimum Gasteiger partial charge on any atom is -0.497 e. The molecule has 9 heteroatoms. The van der Waals surface area contributed by atoms with Gasteiger partial charge in [-0.25, -0.2) is 0 Å². The zero-order chi connectivity index (χ0) is 23.1. The van der Waals surface area contributed by atoms with Crippen LogP contribution in [0.25, 0.3) is 11.3 Å². The topological polar surface area (TPSA) is 116 Å². The van der Waals surface area contributed by atoms with Crippen molar-refractivity contribution in [3.63, 3.8) is 0 Å². The number of aromatic nitrogens is 2. The Labute approximate surface area is 186 Å². The molecule has 168 valence electrons. The first-order chi connectivity index (χ1) is 15.4. The smallest absolute Gasteiger partial charge is 0.274 e. The largest absolute Gasteiger partial charge is 0.497 e. The maximum Gasteiger partial charge on any atom is 0.274 e. The van der Waals surface area contributed by atoms with Crippen LogP contribution in [0.15, 0.2) is 53.3 Å².